The average molecular weight is 438 g/mol. The third-order valence-corrected chi connectivity index (χ3v) is 4.82. The zero-order valence-electron chi connectivity index (χ0n) is 14.9. The third-order valence-electron chi connectivity index (χ3n) is 4.53. The van der Waals surface area contributed by atoms with E-state index in [1.54, 1.807) is 0 Å². The van der Waals surface area contributed by atoms with Gasteiger partial charge in [0.1, 0.15) is 24.0 Å². The molecule has 1 N–H and O–H groups in total. The standard InChI is InChI=1S/C18H11ClF3N5O3/c19-10-6-9(2-3-11(10)21)27-17(29)15-16(18(27)30)26(25-24-15)7-14(28)23-13-4-1-8(20)5-12(13)22/h1-6,15-16H,7H2,(H,23,28). The highest BCUT2D eigenvalue weighted by atomic mass is 35.5. The topological polar surface area (TPSA) is 94.4 Å². The van der Waals surface area contributed by atoms with E-state index in [1.165, 1.54) is 6.07 Å². The number of nitrogens with one attached hydrogen (secondary N) is 1. The summed E-state index contributed by atoms with van der Waals surface area (Å²) in [7, 11) is 0. The van der Waals surface area contributed by atoms with Crippen LogP contribution in [-0.2, 0) is 14.4 Å². The predicted octanol–water partition coefficient (Wildman–Crippen LogP) is 2.69. The van der Waals surface area contributed by atoms with Crippen molar-refractivity contribution >= 4 is 40.7 Å². The lowest BCUT2D eigenvalue weighted by atomic mass is 10.1. The van der Waals surface area contributed by atoms with Gasteiger partial charge in [-0.3, -0.25) is 19.4 Å². The zero-order chi connectivity index (χ0) is 21.6. The van der Waals surface area contributed by atoms with Crippen molar-refractivity contribution in [2.75, 3.05) is 16.8 Å². The fourth-order valence-electron chi connectivity index (χ4n) is 3.16. The van der Waals surface area contributed by atoms with Crippen molar-refractivity contribution in [1.82, 2.24) is 5.01 Å². The van der Waals surface area contributed by atoms with Crippen molar-refractivity contribution < 1.29 is 27.6 Å². The highest BCUT2D eigenvalue weighted by Crippen LogP contribution is 2.33. The van der Waals surface area contributed by atoms with Gasteiger partial charge >= 0.3 is 0 Å². The molecule has 2 aliphatic rings. The van der Waals surface area contributed by atoms with E-state index in [9.17, 15) is 27.6 Å². The molecule has 3 amide bonds. The van der Waals surface area contributed by atoms with Crippen LogP contribution < -0.4 is 10.2 Å². The minimum atomic E-state index is -1.19. The number of fused-ring (bicyclic) bond motifs is 1. The molecule has 2 aromatic carbocycles. The minimum absolute atomic E-state index is 0.0544. The summed E-state index contributed by atoms with van der Waals surface area (Å²) in [5.74, 6) is -4.69. The summed E-state index contributed by atoms with van der Waals surface area (Å²) in [4.78, 5) is 38.4. The number of carbonyl (C=O) groups excluding carboxylic acids is 3. The Hall–Kier alpha value is -3.47. The number of anilines is 2. The van der Waals surface area contributed by atoms with Gasteiger partial charge < -0.3 is 5.32 Å². The summed E-state index contributed by atoms with van der Waals surface area (Å²) in [5.41, 5.74) is -0.204. The van der Waals surface area contributed by atoms with Gasteiger partial charge in [0.25, 0.3) is 11.8 Å². The second kappa shape index (κ2) is 7.41. The summed E-state index contributed by atoms with van der Waals surface area (Å²) in [6.07, 6.45) is 0. The van der Waals surface area contributed by atoms with Crippen molar-refractivity contribution in [1.29, 1.82) is 0 Å². The maximum absolute atomic E-state index is 13.7. The number of amides is 3. The Morgan fingerprint density at radius 1 is 1.07 bits per heavy atom. The van der Waals surface area contributed by atoms with E-state index in [0.717, 1.165) is 34.2 Å². The first-order chi connectivity index (χ1) is 14.3. The van der Waals surface area contributed by atoms with Crippen LogP contribution >= 0.6 is 11.6 Å². The number of hydrogen-bond donors (Lipinski definition) is 1. The van der Waals surface area contributed by atoms with E-state index in [0.29, 0.717) is 6.07 Å². The molecule has 0 saturated carbocycles. The Bertz CT molecular complexity index is 1110. The number of hydrogen-bond acceptors (Lipinski definition) is 6. The predicted molar refractivity (Wildman–Crippen MR) is 98.0 cm³/mol. The van der Waals surface area contributed by atoms with Gasteiger partial charge in [-0.05, 0) is 30.3 Å². The van der Waals surface area contributed by atoms with Gasteiger partial charge in [0.2, 0.25) is 5.91 Å². The van der Waals surface area contributed by atoms with Gasteiger partial charge in [-0.1, -0.05) is 16.8 Å². The fraction of sp³-hybridized carbons (Fsp3) is 0.167. The number of carbonyl (C=O) groups is 3. The molecule has 2 unspecified atom stereocenters. The monoisotopic (exact) mass is 437 g/mol. The number of imide groups is 1. The molecular weight excluding hydrogens is 427 g/mol. The van der Waals surface area contributed by atoms with Crippen LogP contribution in [0.25, 0.3) is 0 Å². The largest absolute Gasteiger partial charge is 0.322 e. The molecule has 1 fully saturated rings. The van der Waals surface area contributed by atoms with Crippen LogP contribution in [0, 0.1) is 17.5 Å². The molecule has 4 rings (SSSR count). The molecule has 0 radical (unpaired) electrons. The normalized spacial score (nSPS) is 20.1. The summed E-state index contributed by atoms with van der Waals surface area (Å²) in [6.45, 7) is -0.515. The summed E-state index contributed by atoms with van der Waals surface area (Å²) in [5, 5.41) is 10.4. The maximum atomic E-state index is 13.7. The van der Waals surface area contributed by atoms with E-state index >= 15 is 0 Å². The molecular formula is C18H11ClF3N5O3. The van der Waals surface area contributed by atoms with Crippen LogP contribution in [0.1, 0.15) is 0 Å². The van der Waals surface area contributed by atoms with E-state index in [-0.39, 0.29) is 16.4 Å². The molecule has 1 saturated heterocycles. The van der Waals surface area contributed by atoms with Gasteiger partial charge in [0.15, 0.2) is 12.1 Å². The lowest BCUT2D eigenvalue weighted by Gasteiger charge is -2.20. The van der Waals surface area contributed by atoms with Gasteiger partial charge in [0, 0.05) is 6.07 Å². The van der Waals surface area contributed by atoms with Crippen LogP contribution in [-0.4, -0.2) is 41.4 Å². The van der Waals surface area contributed by atoms with E-state index in [1.807, 2.05) is 0 Å². The molecule has 2 atom stereocenters. The van der Waals surface area contributed by atoms with Gasteiger partial charge in [0.05, 0.1) is 16.4 Å². The summed E-state index contributed by atoms with van der Waals surface area (Å²) in [6, 6.07) is 3.59. The zero-order valence-corrected chi connectivity index (χ0v) is 15.6. The fourth-order valence-corrected chi connectivity index (χ4v) is 3.33. The number of benzene rings is 2. The smallest absolute Gasteiger partial charge is 0.263 e. The minimum Gasteiger partial charge on any atom is -0.322 e. The van der Waals surface area contributed by atoms with Crippen molar-refractivity contribution in [2.24, 2.45) is 10.3 Å². The van der Waals surface area contributed by atoms with Gasteiger partial charge in [-0.15, -0.1) is 0 Å². The first-order valence-corrected chi connectivity index (χ1v) is 8.89. The van der Waals surface area contributed by atoms with Crippen molar-refractivity contribution in [3.63, 3.8) is 0 Å². The Balaban J connectivity index is 1.50. The maximum Gasteiger partial charge on any atom is 0.263 e. The average Bonchev–Trinajstić information content (AvgIpc) is 3.20. The van der Waals surface area contributed by atoms with E-state index < -0.39 is 53.8 Å². The van der Waals surface area contributed by atoms with Crippen LogP contribution in [0.2, 0.25) is 5.02 Å². The molecule has 2 heterocycles. The van der Waals surface area contributed by atoms with Gasteiger partial charge in [-0.2, -0.15) is 5.11 Å². The molecule has 8 nitrogen and oxygen atoms in total. The second-order valence-corrected chi connectivity index (χ2v) is 6.88. The van der Waals surface area contributed by atoms with Crippen LogP contribution in [0.15, 0.2) is 46.7 Å². The molecule has 30 heavy (non-hydrogen) atoms. The second-order valence-electron chi connectivity index (χ2n) is 6.47. The van der Waals surface area contributed by atoms with Gasteiger partial charge in [-0.25, -0.2) is 18.1 Å². The number of nitrogens with zero attached hydrogens (tertiary/aromatic N) is 4. The third kappa shape index (κ3) is 3.36. The first-order valence-electron chi connectivity index (χ1n) is 8.51. The summed E-state index contributed by atoms with van der Waals surface area (Å²) >= 11 is 5.72. The summed E-state index contributed by atoms with van der Waals surface area (Å²) < 4.78 is 40.1. The quantitative estimate of drug-likeness (QED) is 0.744. The van der Waals surface area contributed by atoms with Crippen molar-refractivity contribution in [2.45, 2.75) is 12.1 Å². The molecule has 0 aromatic heterocycles. The number of halogens is 4. The molecule has 154 valence electrons. The van der Waals surface area contributed by atoms with E-state index in [2.05, 4.69) is 15.7 Å². The lowest BCUT2D eigenvalue weighted by Crippen LogP contribution is -2.43. The Morgan fingerprint density at radius 2 is 1.83 bits per heavy atom. The Morgan fingerprint density at radius 3 is 2.53 bits per heavy atom. The first kappa shape index (κ1) is 19.8. The highest BCUT2D eigenvalue weighted by Gasteiger charge is 2.55. The Labute approximate surface area is 171 Å². The molecule has 12 heteroatoms. The molecule has 0 bridgehead atoms. The van der Waals surface area contributed by atoms with Crippen molar-refractivity contribution in [3.8, 4) is 0 Å². The van der Waals surface area contributed by atoms with Crippen molar-refractivity contribution in [3.05, 3.63) is 58.9 Å². The molecule has 0 spiro atoms. The highest BCUT2D eigenvalue weighted by molar-refractivity contribution is 6.32. The SMILES string of the molecule is O=C(CN1N=NC2C(=O)N(c3ccc(F)c(Cl)c3)C(=O)C21)Nc1ccc(F)cc1F. The van der Waals surface area contributed by atoms with Crippen LogP contribution in [0.3, 0.4) is 0 Å². The van der Waals surface area contributed by atoms with E-state index in [4.69, 9.17) is 11.6 Å². The lowest BCUT2D eigenvalue weighted by molar-refractivity contribution is -0.123. The Kier molecular flexibility index (Phi) is 4.90. The van der Waals surface area contributed by atoms with Crippen LogP contribution in [0.5, 0.6) is 0 Å². The van der Waals surface area contributed by atoms with Crippen LogP contribution in [0.4, 0.5) is 24.5 Å². The molecule has 2 aromatic rings. The molecule has 2 aliphatic heterocycles. The molecule has 0 aliphatic carbocycles. The number of rotatable bonds is 4.